The van der Waals surface area contributed by atoms with Crippen LogP contribution >= 0.6 is 15.9 Å². The molecule has 0 saturated carbocycles. The lowest BCUT2D eigenvalue weighted by atomic mass is 10.1. The molecule has 1 aliphatic heterocycles. The van der Waals surface area contributed by atoms with Crippen LogP contribution in [0.25, 0.3) is 0 Å². The summed E-state index contributed by atoms with van der Waals surface area (Å²) >= 11 is 3.53. The number of hydrogen-bond acceptors (Lipinski definition) is 5. The summed E-state index contributed by atoms with van der Waals surface area (Å²) in [6.07, 6.45) is 1.66. The van der Waals surface area contributed by atoms with Crippen LogP contribution in [0.4, 0.5) is 11.6 Å². The Hall–Kier alpha value is -1.92. The number of aliphatic imine (C=N–C) groups is 1. The van der Waals surface area contributed by atoms with E-state index in [1.54, 1.807) is 25.3 Å². The first-order valence-electron chi connectivity index (χ1n) is 7.40. The number of anilines is 1. The van der Waals surface area contributed by atoms with Crippen LogP contribution in [0.2, 0.25) is 0 Å². The Morgan fingerprint density at radius 1 is 1.30 bits per heavy atom. The molecule has 2 aromatic rings. The summed E-state index contributed by atoms with van der Waals surface area (Å²) < 4.78 is 12.1. The highest BCUT2D eigenvalue weighted by atomic mass is 79.9. The van der Waals surface area contributed by atoms with Crippen molar-refractivity contribution in [3.05, 3.63) is 46.1 Å². The molecule has 0 radical (unpaired) electrons. The largest absolute Gasteiger partial charge is 0.438 e. The molecule has 3 rings (SSSR count). The lowest BCUT2D eigenvalue weighted by Crippen LogP contribution is -2.36. The number of halogens is 1. The van der Waals surface area contributed by atoms with Crippen LogP contribution < -0.4 is 4.90 Å². The molecule has 0 aliphatic carbocycles. The van der Waals surface area contributed by atoms with E-state index in [1.807, 2.05) is 18.2 Å². The summed E-state index contributed by atoms with van der Waals surface area (Å²) in [6, 6.07) is 9.11. The number of carbonyl (C=O) groups is 1. The number of morpholine rings is 1. The Bertz CT molecular complexity index is 733. The van der Waals surface area contributed by atoms with E-state index in [0.29, 0.717) is 24.5 Å². The normalized spacial score (nSPS) is 15.3. The van der Waals surface area contributed by atoms with Crippen LogP contribution in [0, 0.1) is 0 Å². The van der Waals surface area contributed by atoms with Crippen molar-refractivity contribution in [2.75, 3.05) is 31.2 Å². The molecule has 0 bridgehead atoms. The zero-order valence-corrected chi connectivity index (χ0v) is 14.4. The topological polar surface area (TPSA) is 55.0 Å². The van der Waals surface area contributed by atoms with Crippen LogP contribution in [0.3, 0.4) is 0 Å². The molecule has 1 saturated heterocycles. The summed E-state index contributed by atoms with van der Waals surface area (Å²) in [5.41, 5.74) is 1.37. The smallest absolute Gasteiger partial charge is 0.210 e. The average Bonchev–Trinajstić information content (AvgIpc) is 2.95. The van der Waals surface area contributed by atoms with E-state index in [0.717, 1.165) is 29.1 Å². The van der Waals surface area contributed by atoms with Crippen molar-refractivity contribution in [3.8, 4) is 0 Å². The van der Waals surface area contributed by atoms with Crippen LogP contribution in [0.1, 0.15) is 23.0 Å². The molecule has 1 fully saturated rings. The quantitative estimate of drug-likeness (QED) is 0.600. The number of rotatable bonds is 4. The van der Waals surface area contributed by atoms with E-state index in [2.05, 4.69) is 25.8 Å². The Morgan fingerprint density at radius 2 is 2.09 bits per heavy atom. The van der Waals surface area contributed by atoms with Crippen molar-refractivity contribution < 1.29 is 13.9 Å². The molecular weight excluding hydrogens is 360 g/mol. The predicted molar refractivity (Wildman–Crippen MR) is 93.1 cm³/mol. The number of hydrogen-bond donors (Lipinski definition) is 0. The first-order chi connectivity index (χ1) is 11.1. The van der Waals surface area contributed by atoms with Crippen LogP contribution in [0.5, 0.6) is 0 Å². The minimum Gasteiger partial charge on any atom is -0.438 e. The summed E-state index contributed by atoms with van der Waals surface area (Å²) in [5.74, 6) is 1.48. The monoisotopic (exact) mass is 376 g/mol. The van der Waals surface area contributed by atoms with E-state index < -0.39 is 0 Å². The van der Waals surface area contributed by atoms with Gasteiger partial charge in [-0.2, -0.15) is 0 Å². The number of Topliss-reactive ketones (excluding diaryl/α,β-unsaturated/α-hetero) is 1. The van der Waals surface area contributed by atoms with Gasteiger partial charge in [-0.25, -0.2) is 0 Å². The molecule has 5 nitrogen and oxygen atoms in total. The summed E-state index contributed by atoms with van der Waals surface area (Å²) in [5, 5.41) is 0. The van der Waals surface area contributed by atoms with Gasteiger partial charge in [0.15, 0.2) is 5.78 Å². The fourth-order valence-corrected chi connectivity index (χ4v) is 2.92. The molecule has 0 unspecified atom stereocenters. The van der Waals surface area contributed by atoms with Crippen molar-refractivity contribution in [1.82, 2.24) is 0 Å². The highest BCUT2D eigenvalue weighted by molar-refractivity contribution is 9.10. The SMILES string of the molecule is CC(=O)c1cccc(N=Cc2cc(Br)c(N3CCOCC3)o2)c1. The van der Waals surface area contributed by atoms with Crippen molar-refractivity contribution in [2.24, 2.45) is 4.99 Å². The molecule has 0 amide bonds. The minimum atomic E-state index is 0.0254. The van der Waals surface area contributed by atoms with E-state index >= 15 is 0 Å². The molecule has 1 aliphatic rings. The fraction of sp³-hybridized carbons (Fsp3) is 0.294. The number of furan rings is 1. The summed E-state index contributed by atoms with van der Waals surface area (Å²) in [6.45, 7) is 4.57. The second kappa shape index (κ2) is 7.10. The van der Waals surface area contributed by atoms with Crippen molar-refractivity contribution in [3.63, 3.8) is 0 Å². The average molecular weight is 377 g/mol. The van der Waals surface area contributed by atoms with Gasteiger partial charge in [-0.1, -0.05) is 12.1 Å². The maximum Gasteiger partial charge on any atom is 0.210 e. The third-order valence-electron chi connectivity index (χ3n) is 3.58. The van der Waals surface area contributed by atoms with Gasteiger partial charge in [-0.3, -0.25) is 9.79 Å². The van der Waals surface area contributed by atoms with Gasteiger partial charge < -0.3 is 14.1 Å². The molecule has 0 atom stereocenters. The fourth-order valence-electron chi connectivity index (χ4n) is 2.37. The van der Waals surface area contributed by atoms with Crippen molar-refractivity contribution >= 4 is 39.5 Å². The number of carbonyl (C=O) groups excluding carboxylic acids is 1. The molecule has 0 spiro atoms. The zero-order valence-electron chi connectivity index (χ0n) is 12.8. The first-order valence-corrected chi connectivity index (χ1v) is 8.20. The Balaban J connectivity index is 1.77. The molecule has 2 heterocycles. The van der Waals surface area contributed by atoms with Crippen molar-refractivity contribution in [2.45, 2.75) is 6.92 Å². The Kier molecular flexibility index (Phi) is 4.93. The van der Waals surface area contributed by atoms with E-state index in [9.17, 15) is 4.79 Å². The lowest BCUT2D eigenvalue weighted by Gasteiger charge is -2.26. The van der Waals surface area contributed by atoms with E-state index in [-0.39, 0.29) is 5.78 Å². The Labute approximate surface area is 143 Å². The maximum atomic E-state index is 11.4. The second-order valence-electron chi connectivity index (χ2n) is 5.27. The zero-order chi connectivity index (χ0) is 16.2. The van der Waals surface area contributed by atoms with Gasteiger partial charge >= 0.3 is 0 Å². The van der Waals surface area contributed by atoms with E-state index in [4.69, 9.17) is 9.15 Å². The second-order valence-corrected chi connectivity index (χ2v) is 6.12. The molecule has 6 heteroatoms. The number of ketones is 1. The van der Waals surface area contributed by atoms with Gasteiger partial charge in [-0.05, 0) is 35.0 Å². The van der Waals surface area contributed by atoms with Crippen LogP contribution in [-0.2, 0) is 4.74 Å². The standard InChI is InChI=1S/C17H17BrN2O3/c1-12(21)13-3-2-4-14(9-13)19-11-15-10-16(18)17(23-15)20-5-7-22-8-6-20/h2-4,9-11H,5-8H2,1H3. The van der Waals surface area contributed by atoms with Gasteiger partial charge in [-0.15, -0.1) is 0 Å². The molecule has 1 aromatic carbocycles. The minimum absolute atomic E-state index is 0.0254. The van der Waals surface area contributed by atoms with Gasteiger partial charge in [0.1, 0.15) is 5.76 Å². The summed E-state index contributed by atoms with van der Waals surface area (Å²) in [4.78, 5) is 17.9. The summed E-state index contributed by atoms with van der Waals surface area (Å²) in [7, 11) is 0. The van der Waals surface area contributed by atoms with Crippen molar-refractivity contribution in [1.29, 1.82) is 0 Å². The molecule has 120 valence electrons. The highest BCUT2D eigenvalue weighted by Gasteiger charge is 2.18. The number of benzene rings is 1. The maximum absolute atomic E-state index is 11.4. The van der Waals surface area contributed by atoms with Gasteiger partial charge in [0.05, 0.1) is 29.6 Å². The third kappa shape index (κ3) is 3.89. The molecule has 1 aromatic heterocycles. The predicted octanol–water partition coefficient (Wildman–Crippen LogP) is 3.83. The first kappa shape index (κ1) is 16.0. The van der Waals surface area contributed by atoms with Gasteiger partial charge in [0.2, 0.25) is 5.88 Å². The molecule has 23 heavy (non-hydrogen) atoms. The Morgan fingerprint density at radius 3 is 2.83 bits per heavy atom. The van der Waals surface area contributed by atoms with Gasteiger partial charge in [0, 0.05) is 24.7 Å². The number of ether oxygens (including phenoxy) is 1. The van der Waals surface area contributed by atoms with E-state index in [1.165, 1.54) is 0 Å². The molecular formula is C17H17BrN2O3. The third-order valence-corrected chi connectivity index (χ3v) is 4.15. The number of nitrogens with zero attached hydrogens (tertiary/aromatic N) is 2. The molecule has 0 N–H and O–H groups in total. The van der Waals surface area contributed by atoms with Crippen LogP contribution in [0.15, 0.2) is 44.2 Å². The lowest BCUT2D eigenvalue weighted by molar-refractivity contribution is 0.101. The van der Waals surface area contributed by atoms with Gasteiger partial charge in [0.25, 0.3) is 0 Å². The highest BCUT2D eigenvalue weighted by Crippen LogP contribution is 2.30. The van der Waals surface area contributed by atoms with Crippen LogP contribution in [-0.4, -0.2) is 38.3 Å².